The number of furan rings is 1. The van der Waals surface area contributed by atoms with Crippen molar-refractivity contribution in [2.24, 2.45) is 0 Å². The van der Waals surface area contributed by atoms with Gasteiger partial charge in [-0.3, -0.25) is 4.79 Å². The summed E-state index contributed by atoms with van der Waals surface area (Å²) in [6.07, 6.45) is 2.65. The number of nitrogens with zero attached hydrogens (tertiary/aromatic N) is 2. The lowest BCUT2D eigenvalue weighted by atomic mass is 10.1. The van der Waals surface area contributed by atoms with Gasteiger partial charge in [-0.1, -0.05) is 54.3 Å². The molecule has 1 amide bonds. The fourth-order valence-electron chi connectivity index (χ4n) is 2.45. The van der Waals surface area contributed by atoms with Crippen LogP contribution in [-0.4, -0.2) is 21.9 Å². The number of amides is 1. The molecule has 0 saturated heterocycles. The summed E-state index contributed by atoms with van der Waals surface area (Å²) in [5.41, 5.74) is 2.39. The first-order chi connectivity index (χ1) is 13.1. The normalized spacial score (nSPS) is 11.9. The van der Waals surface area contributed by atoms with Crippen molar-refractivity contribution < 1.29 is 9.21 Å². The lowest BCUT2D eigenvalue weighted by Crippen LogP contribution is -2.28. The van der Waals surface area contributed by atoms with Crippen LogP contribution in [0.2, 0.25) is 0 Å². The first-order valence-electron chi connectivity index (χ1n) is 8.74. The predicted molar refractivity (Wildman–Crippen MR) is 109 cm³/mol. The van der Waals surface area contributed by atoms with Gasteiger partial charge in [0.2, 0.25) is 11.0 Å². The lowest BCUT2D eigenvalue weighted by molar-refractivity contribution is -0.119. The zero-order chi connectivity index (χ0) is 19.1. The number of carbonyl (C=O) groups excluding carboxylic acids is 1. The van der Waals surface area contributed by atoms with Crippen molar-refractivity contribution >= 4 is 34.1 Å². The van der Waals surface area contributed by atoms with Gasteiger partial charge in [0.1, 0.15) is 5.76 Å². The highest BCUT2D eigenvalue weighted by Crippen LogP contribution is 2.26. The summed E-state index contributed by atoms with van der Waals surface area (Å²) in [6, 6.07) is 12.1. The number of hydrogen-bond donors (Lipinski definition) is 2. The number of anilines is 1. The second-order valence-corrected chi connectivity index (χ2v) is 8.18. The van der Waals surface area contributed by atoms with Gasteiger partial charge in [0, 0.05) is 0 Å². The van der Waals surface area contributed by atoms with Gasteiger partial charge in [-0.05, 0) is 36.6 Å². The van der Waals surface area contributed by atoms with Gasteiger partial charge in [0.05, 0.1) is 24.6 Å². The standard InChI is InChI=1S/C19H22N4O2S2/c1-3-14-6-8-15(9-7-14)13(2)21-17(24)12-26-19-23-22-18(27-19)20-11-16-5-4-10-25-16/h4-10,13H,3,11-12H2,1-2H3,(H,20,22)(H,21,24)/t13-/m0/s1. The fraction of sp³-hybridized carbons (Fsp3) is 0.316. The molecule has 8 heteroatoms. The Balaban J connectivity index is 1.43. The highest BCUT2D eigenvalue weighted by atomic mass is 32.2. The Morgan fingerprint density at radius 1 is 1.26 bits per heavy atom. The predicted octanol–water partition coefficient (Wildman–Crippen LogP) is 4.28. The van der Waals surface area contributed by atoms with Gasteiger partial charge in [0.15, 0.2) is 4.34 Å². The lowest BCUT2D eigenvalue weighted by Gasteiger charge is -2.14. The molecule has 1 atom stereocenters. The molecular formula is C19H22N4O2S2. The third-order valence-electron chi connectivity index (χ3n) is 3.99. The summed E-state index contributed by atoms with van der Waals surface area (Å²) in [4.78, 5) is 12.2. The largest absolute Gasteiger partial charge is 0.467 e. The SMILES string of the molecule is CCc1ccc([C@H](C)NC(=O)CSc2nnc(NCc3ccco3)s2)cc1. The minimum atomic E-state index is -0.0241. The van der Waals surface area contributed by atoms with Crippen LogP contribution in [0.4, 0.5) is 5.13 Å². The molecule has 3 aromatic rings. The Morgan fingerprint density at radius 3 is 2.78 bits per heavy atom. The maximum Gasteiger partial charge on any atom is 0.230 e. The molecule has 27 heavy (non-hydrogen) atoms. The number of aromatic nitrogens is 2. The monoisotopic (exact) mass is 402 g/mol. The molecule has 3 rings (SSSR count). The van der Waals surface area contributed by atoms with E-state index in [9.17, 15) is 4.79 Å². The second-order valence-electron chi connectivity index (χ2n) is 5.98. The van der Waals surface area contributed by atoms with Gasteiger partial charge in [-0.15, -0.1) is 10.2 Å². The van der Waals surface area contributed by atoms with E-state index in [1.807, 2.05) is 19.1 Å². The molecule has 2 heterocycles. The van der Waals surface area contributed by atoms with Crippen LogP contribution in [0, 0.1) is 0 Å². The van der Waals surface area contributed by atoms with Crippen LogP contribution in [0.5, 0.6) is 0 Å². The van der Waals surface area contributed by atoms with E-state index >= 15 is 0 Å². The van der Waals surface area contributed by atoms with Gasteiger partial charge < -0.3 is 15.1 Å². The van der Waals surface area contributed by atoms with Crippen LogP contribution < -0.4 is 10.6 Å². The zero-order valence-electron chi connectivity index (χ0n) is 15.3. The summed E-state index contributed by atoms with van der Waals surface area (Å²) in [7, 11) is 0. The van der Waals surface area contributed by atoms with Crippen LogP contribution >= 0.6 is 23.1 Å². The second kappa shape index (κ2) is 9.57. The Bertz CT molecular complexity index is 847. The number of carbonyl (C=O) groups is 1. The van der Waals surface area contributed by atoms with Crippen LogP contribution in [0.1, 0.15) is 36.8 Å². The molecule has 1 aromatic carbocycles. The summed E-state index contributed by atoms with van der Waals surface area (Å²) in [6.45, 7) is 4.68. The van der Waals surface area contributed by atoms with Crippen LogP contribution in [0.15, 0.2) is 51.4 Å². The van der Waals surface area contributed by atoms with E-state index in [2.05, 4.69) is 52.0 Å². The molecule has 0 radical (unpaired) electrons. The molecule has 0 aliphatic heterocycles. The van der Waals surface area contributed by atoms with Gasteiger partial charge in [-0.25, -0.2) is 0 Å². The number of benzene rings is 1. The summed E-state index contributed by atoms with van der Waals surface area (Å²) < 4.78 is 6.02. The molecule has 0 aliphatic rings. The van der Waals surface area contributed by atoms with Crippen molar-refractivity contribution in [2.45, 2.75) is 37.2 Å². The van der Waals surface area contributed by atoms with E-state index in [1.54, 1.807) is 6.26 Å². The summed E-state index contributed by atoms with van der Waals surface area (Å²) >= 11 is 2.81. The Kier molecular flexibility index (Phi) is 6.89. The van der Waals surface area contributed by atoms with Gasteiger partial charge >= 0.3 is 0 Å². The van der Waals surface area contributed by atoms with Gasteiger partial charge in [-0.2, -0.15) is 0 Å². The number of hydrogen-bond acceptors (Lipinski definition) is 7. The Labute approximate surface area is 166 Å². The third kappa shape index (κ3) is 5.83. The Hall–Kier alpha value is -2.32. The van der Waals surface area contributed by atoms with Crippen molar-refractivity contribution in [3.63, 3.8) is 0 Å². The van der Waals surface area contributed by atoms with Crippen molar-refractivity contribution in [3.05, 3.63) is 59.5 Å². The quantitative estimate of drug-likeness (QED) is 0.520. The molecule has 0 unspecified atom stereocenters. The van der Waals surface area contributed by atoms with E-state index in [4.69, 9.17) is 4.42 Å². The molecular weight excluding hydrogens is 380 g/mol. The molecule has 0 fully saturated rings. The van der Waals surface area contributed by atoms with E-state index in [0.717, 1.165) is 22.1 Å². The molecule has 2 aromatic heterocycles. The molecule has 0 aliphatic carbocycles. The molecule has 0 spiro atoms. The van der Waals surface area contributed by atoms with E-state index in [1.165, 1.54) is 28.7 Å². The van der Waals surface area contributed by atoms with Crippen LogP contribution in [0.25, 0.3) is 0 Å². The minimum Gasteiger partial charge on any atom is -0.467 e. The fourth-order valence-corrected chi connectivity index (χ4v) is 4.01. The molecule has 142 valence electrons. The van der Waals surface area contributed by atoms with Crippen LogP contribution in [0.3, 0.4) is 0 Å². The van der Waals surface area contributed by atoms with Crippen molar-refractivity contribution in [1.29, 1.82) is 0 Å². The molecule has 0 saturated carbocycles. The average molecular weight is 403 g/mol. The number of rotatable bonds is 9. The van der Waals surface area contributed by atoms with E-state index in [0.29, 0.717) is 17.4 Å². The summed E-state index contributed by atoms with van der Waals surface area (Å²) in [5, 5.41) is 15.1. The molecule has 6 nitrogen and oxygen atoms in total. The van der Waals surface area contributed by atoms with Crippen molar-refractivity contribution in [1.82, 2.24) is 15.5 Å². The smallest absolute Gasteiger partial charge is 0.230 e. The van der Waals surface area contributed by atoms with Crippen LogP contribution in [-0.2, 0) is 17.8 Å². The highest BCUT2D eigenvalue weighted by molar-refractivity contribution is 8.01. The van der Waals surface area contributed by atoms with Crippen molar-refractivity contribution in [3.8, 4) is 0 Å². The first-order valence-corrected chi connectivity index (χ1v) is 10.5. The maximum absolute atomic E-state index is 12.2. The average Bonchev–Trinajstić information content (AvgIpc) is 3.36. The maximum atomic E-state index is 12.2. The van der Waals surface area contributed by atoms with E-state index < -0.39 is 0 Å². The number of nitrogens with one attached hydrogen (secondary N) is 2. The number of thioether (sulfide) groups is 1. The zero-order valence-corrected chi connectivity index (χ0v) is 16.9. The topological polar surface area (TPSA) is 80.0 Å². The third-order valence-corrected chi connectivity index (χ3v) is 6.01. The van der Waals surface area contributed by atoms with Crippen molar-refractivity contribution in [2.75, 3.05) is 11.1 Å². The number of aryl methyl sites for hydroxylation is 1. The molecule has 0 bridgehead atoms. The summed E-state index contributed by atoms with van der Waals surface area (Å²) in [5.74, 6) is 1.12. The minimum absolute atomic E-state index is 0.0210. The Morgan fingerprint density at radius 2 is 2.07 bits per heavy atom. The molecule has 2 N–H and O–H groups in total. The van der Waals surface area contributed by atoms with Gasteiger partial charge in [0.25, 0.3) is 0 Å². The highest BCUT2D eigenvalue weighted by Gasteiger charge is 2.12. The first kappa shape index (κ1) is 19.4. The van der Waals surface area contributed by atoms with E-state index in [-0.39, 0.29) is 11.9 Å².